The lowest BCUT2D eigenvalue weighted by Gasteiger charge is -2.23. The van der Waals surface area contributed by atoms with Crippen LogP contribution in [0, 0.1) is 6.92 Å². The molecule has 1 amide bonds. The van der Waals surface area contributed by atoms with Crippen molar-refractivity contribution in [3.05, 3.63) is 17.0 Å². The van der Waals surface area contributed by atoms with E-state index in [1.165, 1.54) is 0 Å². The van der Waals surface area contributed by atoms with Crippen LogP contribution in [0.5, 0.6) is 0 Å². The maximum Gasteiger partial charge on any atom is 0.242 e. The van der Waals surface area contributed by atoms with Crippen molar-refractivity contribution in [1.82, 2.24) is 15.3 Å². The number of aryl methyl sites for hydroxylation is 1. The lowest BCUT2D eigenvalue weighted by atomic mass is 10.1. The quantitative estimate of drug-likeness (QED) is 0.826. The predicted molar refractivity (Wildman–Crippen MR) is 72.8 cm³/mol. The molecule has 5 nitrogen and oxygen atoms in total. The summed E-state index contributed by atoms with van der Waals surface area (Å²) >= 11 is 5.76. The van der Waals surface area contributed by atoms with Crippen molar-refractivity contribution in [2.75, 3.05) is 5.32 Å². The van der Waals surface area contributed by atoms with Crippen molar-refractivity contribution in [2.45, 2.75) is 46.2 Å². The summed E-state index contributed by atoms with van der Waals surface area (Å²) in [6, 6.07) is 1.35. The standard InChI is InChI=1S/C12H19ClN4O/c1-7-6-9(16-11(13)14-7)15-8(2)10(18)17-12(3,4)5/h6,8H,1-5H3,(H,17,18)(H,14,15,16). The number of nitrogens with zero attached hydrogens (tertiary/aromatic N) is 2. The van der Waals surface area contributed by atoms with Gasteiger partial charge in [-0.1, -0.05) is 0 Å². The second kappa shape index (κ2) is 5.52. The maximum atomic E-state index is 11.9. The van der Waals surface area contributed by atoms with Gasteiger partial charge in [-0.05, 0) is 46.2 Å². The SMILES string of the molecule is Cc1cc(NC(C)C(=O)NC(C)(C)C)nc(Cl)n1. The molecule has 0 spiro atoms. The van der Waals surface area contributed by atoms with Crippen molar-refractivity contribution >= 4 is 23.3 Å². The van der Waals surface area contributed by atoms with Crippen LogP contribution < -0.4 is 10.6 Å². The Labute approximate surface area is 112 Å². The van der Waals surface area contributed by atoms with E-state index in [1.54, 1.807) is 13.0 Å². The van der Waals surface area contributed by atoms with Gasteiger partial charge in [-0.3, -0.25) is 4.79 Å². The molecule has 1 aromatic rings. The molecule has 0 aliphatic heterocycles. The normalized spacial score (nSPS) is 13.0. The monoisotopic (exact) mass is 270 g/mol. The van der Waals surface area contributed by atoms with Gasteiger partial charge in [-0.25, -0.2) is 9.97 Å². The Balaban J connectivity index is 2.69. The van der Waals surface area contributed by atoms with Crippen molar-refractivity contribution < 1.29 is 4.79 Å². The molecule has 0 aromatic carbocycles. The van der Waals surface area contributed by atoms with Crippen LogP contribution in [0.4, 0.5) is 5.82 Å². The molecule has 1 unspecified atom stereocenters. The second-order valence-corrected chi connectivity index (χ2v) is 5.61. The minimum absolute atomic E-state index is 0.0881. The first kappa shape index (κ1) is 14.7. The minimum atomic E-state index is -0.394. The summed E-state index contributed by atoms with van der Waals surface area (Å²) in [5.41, 5.74) is 0.493. The highest BCUT2D eigenvalue weighted by atomic mass is 35.5. The van der Waals surface area contributed by atoms with Gasteiger partial charge >= 0.3 is 0 Å². The highest BCUT2D eigenvalue weighted by molar-refractivity contribution is 6.28. The molecule has 1 rings (SSSR count). The fourth-order valence-corrected chi connectivity index (χ4v) is 1.60. The van der Waals surface area contributed by atoms with Crippen LogP contribution >= 0.6 is 11.6 Å². The van der Waals surface area contributed by atoms with E-state index in [1.807, 2.05) is 27.7 Å². The van der Waals surface area contributed by atoms with Crippen LogP contribution in [0.3, 0.4) is 0 Å². The molecule has 0 aliphatic rings. The van der Waals surface area contributed by atoms with E-state index in [4.69, 9.17) is 11.6 Å². The summed E-state index contributed by atoms with van der Waals surface area (Å²) < 4.78 is 0. The van der Waals surface area contributed by atoms with E-state index in [0.717, 1.165) is 5.69 Å². The first-order valence-electron chi connectivity index (χ1n) is 5.77. The van der Waals surface area contributed by atoms with Crippen molar-refractivity contribution in [3.63, 3.8) is 0 Å². The van der Waals surface area contributed by atoms with Gasteiger partial charge in [0.15, 0.2) is 0 Å². The Morgan fingerprint density at radius 2 is 2.00 bits per heavy atom. The largest absolute Gasteiger partial charge is 0.358 e. The smallest absolute Gasteiger partial charge is 0.242 e. The van der Waals surface area contributed by atoms with Gasteiger partial charge in [0.2, 0.25) is 11.2 Å². The highest BCUT2D eigenvalue weighted by Crippen LogP contribution is 2.11. The van der Waals surface area contributed by atoms with E-state index < -0.39 is 6.04 Å². The number of carbonyl (C=O) groups is 1. The lowest BCUT2D eigenvalue weighted by molar-refractivity contribution is -0.122. The lowest BCUT2D eigenvalue weighted by Crippen LogP contribution is -2.47. The molecule has 1 atom stereocenters. The molecule has 0 saturated carbocycles. The van der Waals surface area contributed by atoms with Crippen molar-refractivity contribution in [2.24, 2.45) is 0 Å². The zero-order chi connectivity index (χ0) is 13.9. The Morgan fingerprint density at radius 3 is 2.50 bits per heavy atom. The molecule has 0 fully saturated rings. The molecule has 2 N–H and O–H groups in total. The summed E-state index contributed by atoms with van der Waals surface area (Å²) in [5.74, 6) is 0.457. The summed E-state index contributed by atoms with van der Waals surface area (Å²) in [6.07, 6.45) is 0. The van der Waals surface area contributed by atoms with Gasteiger partial charge in [0.25, 0.3) is 0 Å². The third-order valence-electron chi connectivity index (χ3n) is 2.08. The average molecular weight is 271 g/mol. The summed E-state index contributed by atoms with van der Waals surface area (Å²) in [5, 5.41) is 6.06. The molecule has 0 saturated heterocycles. The van der Waals surface area contributed by atoms with Crippen molar-refractivity contribution in [1.29, 1.82) is 0 Å². The second-order valence-electron chi connectivity index (χ2n) is 5.27. The highest BCUT2D eigenvalue weighted by Gasteiger charge is 2.19. The van der Waals surface area contributed by atoms with Crippen LogP contribution in [-0.4, -0.2) is 27.5 Å². The van der Waals surface area contributed by atoms with E-state index in [-0.39, 0.29) is 16.7 Å². The molecule has 1 aromatic heterocycles. The number of hydrogen-bond acceptors (Lipinski definition) is 4. The van der Waals surface area contributed by atoms with E-state index in [9.17, 15) is 4.79 Å². The molecular formula is C12H19ClN4O. The van der Waals surface area contributed by atoms with Crippen LogP contribution in [0.15, 0.2) is 6.07 Å². The van der Waals surface area contributed by atoms with Crippen molar-refractivity contribution in [3.8, 4) is 0 Å². The Hall–Kier alpha value is -1.36. The minimum Gasteiger partial charge on any atom is -0.358 e. The molecule has 0 bridgehead atoms. The zero-order valence-electron chi connectivity index (χ0n) is 11.3. The predicted octanol–water partition coefficient (Wildman–Crippen LogP) is 2.15. The van der Waals surface area contributed by atoms with Crippen LogP contribution in [0.1, 0.15) is 33.4 Å². The van der Waals surface area contributed by atoms with Gasteiger partial charge < -0.3 is 10.6 Å². The Morgan fingerprint density at radius 1 is 1.39 bits per heavy atom. The Bertz CT molecular complexity index is 422. The van der Waals surface area contributed by atoms with Gasteiger partial charge in [0, 0.05) is 17.3 Å². The number of carbonyl (C=O) groups excluding carboxylic acids is 1. The molecule has 0 aliphatic carbocycles. The molecule has 0 radical (unpaired) electrons. The summed E-state index contributed by atoms with van der Waals surface area (Å²) in [6.45, 7) is 9.39. The molecule has 18 heavy (non-hydrogen) atoms. The first-order valence-corrected chi connectivity index (χ1v) is 6.15. The van der Waals surface area contributed by atoms with E-state index >= 15 is 0 Å². The fourth-order valence-electron chi connectivity index (χ4n) is 1.37. The maximum absolute atomic E-state index is 11.9. The van der Waals surface area contributed by atoms with E-state index in [2.05, 4.69) is 20.6 Å². The molecule has 100 valence electrons. The van der Waals surface area contributed by atoms with Gasteiger partial charge in [0.05, 0.1) is 0 Å². The number of hydrogen-bond donors (Lipinski definition) is 2. The van der Waals surface area contributed by atoms with Crippen LogP contribution in [0.25, 0.3) is 0 Å². The third kappa shape index (κ3) is 4.87. The first-order chi connectivity index (χ1) is 8.17. The summed E-state index contributed by atoms with van der Waals surface area (Å²) in [4.78, 5) is 19.9. The number of halogens is 1. The zero-order valence-corrected chi connectivity index (χ0v) is 12.1. The number of amides is 1. The van der Waals surface area contributed by atoms with E-state index in [0.29, 0.717) is 5.82 Å². The number of anilines is 1. The summed E-state index contributed by atoms with van der Waals surface area (Å²) in [7, 11) is 0. The Kier molecular flexibility index (Phi) is 4.51. The molecule has 1 heterocycles. The molecule has 6 heteroatoms. The molecular weight excluding hydrogens is 252 g/mol. The number of rotatable bonds is 3. The fraction of sp³-hybridized carbons (Fsp3) is 0.583. The topological polar surface area (TPSA) is 66.9 Å². The van der Waals surface area contributed by atoms with Gasteiger partial charge in [-0.2, -0.15) is 0 Å². The van der Waals surface area contributed by atoms with Gasteiger partial charge in [0.1, 0.15) is 11.9 Å². The van der Waals surface area contributed by atoms with Crippen LogP contribution in [-0.2, 0) is 4.79 Å². The third-order valence-corrected chi connectivity index (χ3v) is 2.25. The van der Waals surface area contributed by atoms with Crippen LogP contribution in [0.2, 0.25) is 5.28 Å². The average Bonchev–Trinajstić information content (AvgIpc) is 2.12. The van der Waals surface area contributed by atoms with Gasteiger partial charge in [-0.15, -0.1) is 0 Å². The number of nitrogens with one attached hydrogen (secondary N) is 2. The number of aromatic nitrogens is 2.